The summed E-state index contributed by atoms with van der Waals surface area (Å²) < 4.78 is 0.577. The summed E-state index contributed by atoms with van der Waals surface area (Å²) in [6, 6.07) is 3.42. The second kappa shape index (κ2) is 4.77. The number of carbonyl (C=O) groups is 1. The van der Waals surface area contributed by atoms with E-state index < -0.39 is 0 Å². The number of nitrogens with one attached hydrogen (secondary N) is 1. The van der Waals surface area contributed by atoms with Crippen molar-refractivity contribution in [3.8, 4) is 0 Å². The predicted octanol–water partition coefficient (Wildman–Crippen LogP) is -0.374. The number of aromatic nitrogens is 2. The fourth-order valence-corrected chi connectivity index (χ4v) is 2.19. The molecule has 0 aromatic carbocycles. The molecule has 0 aliphatic carbocycles. The van der Waals surface area contributed by atoms with E-state index in [9.17, 15) is 9.90 Å². The van der Waals surface area contributed by atoms with Crippen LogP contribution in [0.3, 0.4) is 0 Å². The average molecular weight is 237 g/mol. The van der Waals surface area contributed by atoms with Crippen molar-refractivity contribution in [2.45, 2.75) is 12.5 Å². The first-order valence-corrected chi connectivity index (χ1v) is 5.67. The van der Waals surface area contributed by atoms with Crippen LogP contribution in [0.25, 0.3) is 0 Å². The third-order valence-corrected chi connectivity index (χ3v) is 3.02. The molecule has 1 aromatic heterocycles. The van der Waals surface area contributed by atoms with Crippen LogP contribution in [0.15, 0.2) is 18.3 Å². The van der Waals surface area contributed by atoms with Crippen LogP contribution in [-0.4, -0.2) is 58.5 Å². The van der Waals surface area contributed by atoms with Crippen LogP contribution in [0.4, 0.5) is 5.82 Å². The lowest BCUT2D eigenvalue weighted by atomic mass is 10.3. The van der Waals surface area contributed by atoms with Crippen LogP contribution in [0.2, 0.25) is 0 Å². The highest BCUT2D eigenvalue weighted by molar-refractivity contribution is 5.90. The maximum atomic E-state index is 11.8. The second-order valence-corrected chi connectivity index (χ2v) is 4.78. The quantitative estimate of drug-likeness (QED) is 0.703. The molecule has 2 N–H and O–H groups in total. The molecule has 0 spiro atoms. The molecule has 0 saturated carbocycles. The first-order chi connectivity index (χ1) is 8.07. The number of nitrogens with zero attached hydrogens (tertiary/aromatic N) is 3. The van der Waals surface area contributed by atoms with Crippen molar-refractivity contribution in [1.29, 1.82) is 0 Å². The molecule has 92 valence electrons. The summed E-state index contributed by atoms with van der Waals surface area (Å²) in [6.45, 7) is 1.82. The van der Waals surface area contributed by atoms with Gasteiger partial charge in [-0.3, -0.25) is 4.79 Å². The molecular weight excluding hydrogens is 220 g/mol. The molecule has 2 atom stereocenters. The Labute approximate surface area is 99.9 Å². The van der Waals surface area contributed by atoms with Crippen LogP contribution in [0, 0.1) is 0 Å². The van der Waals surface area contributed by atoms with Gasteiger partial charge in [0.2, 0.25) is 0 Å². The molecule has 6 nitrogen and oxygen atoms in total. The lowest BCUT2D eigenvalue weighted by Crippen LogP contribution is -2.47. The molecule has 1 aliphatic rings. The molecule has 0 radical (unpaired) electrons. The Balaban J connectivity index is 1.90. The number of rotatable bonds is 3. The van der Waals surface area contributed by atoms with Gasteiger partial charge in [0.05, 0.1) is 13.6 Å². The summed E-state index contributed by atoms with van der Waals surface area (Å²) in [7, 11) is 1.98. The molecule has 17 heavy (non-hydrogen) atoms. The number of carbonyl (C=O) groups excluding carboxylic acids is 1. The van der Waals surface area contributed by atoms with Gasteiger partial charge in [-0.2, -0.15) is 5.10 Å². The second-order valence-electron chi connectivity index (χ2n) is 4.78. The van der Waals surface area contributed by atoms with Crippen LogP contribution in [-0.2, 0) is 4.79 Å². The lowest BCUT2D eigenvalue weighted by molar-refractivity contribution is -0.890. The Morgan fingerprint density at radius 1 is 1.71 bits per heavy atom. The van der Waals surface area contributed by atoms with Gasteiger partial charge in [0, 0.05) is 12.6 Å². The van der Waals surface area contributed by atoms with Gasteiger partial charge in [-0.05, 0) is 12.1 Å². The van der Waals surface area contributed by atoms with Gasteiger partial charge < -0.3 is 14.9 Å². The summed E-state index contributed by atoms with van der Waals surface area (Å²) >= 11 is 0. The van der Waals surface area contributed by atoms with Crippen molar-refractivity contribution in [3.63, 3.8) is 0 Å². The molecule has 1 amide bonds. The number of amides is 1. The number of aliphatic hydroxyl groups excluding tert-OH is 1. The van der Waals surface area contributed by atoms with Crippen molar-refractivity contribution in [3.05, 3.63) is 18.3 Å². The third kappa shape index (κ3) is 3.21. The summed E-state index contributed by atoms with van der Waals surface area (Å²) in [4.78, 5) is 11.8. The number of quaternary nitrogens is 1. The summed E-state index contributed by atoms with van der Waals surface area (Å²) in [5.74, 6) is 0.367. The largest absolute Gasteiger partial charge is 0.387 e. The molecule has 1 fully saturated rings. The molecule has 1 aromatic rings. The fourth-order valence-electron chi connectivity index (χ4n) is 2.19. The smallest absolute Gasteiger partial charge is 0.280 e. The fraction of sp³-hybridized carbons (Fsp3) is 0.545. The average Bonchev–Trinajstić information content (AvgIpc) is 2.59. The van der Waals surface area contributed by atoms with Gasteiger partial charge in [-0.15, -0.1) is 5.10 Å². The van der Waals surface area contributed by atoms with Gasteiger partial charge in [-0.1, -0.05) is 0 Å². The SMILES string of the molecule is C[N@@+]1(CC(=O)Nc2cccnn2)CCC(O)C1. The zero-order chi connectivity index (χ0) is 12.3. The molecule has 1 saturated heterocycles. The van der Waals surface area contributed by atoms with E-state index >= 15 is 0 Å². The molecule has 6 heteroatoms. The van der Waals surface area contributed by atoms with Gasteiger partial charge in [0.15, 0.2) is 12.4 Å². The summed E-state index contributed by atoms with van der Waals surface area (Å²) in [6.07, 6.45) is 2.03. The van der Waals surface area contributed by atoms with Crippen LogP contribution in [0.5, 0.6) is 0 Å². The third-order valence-electron chi connectivity index (χ3n) is 3.02. The van der Waals surface area contributed by atoms with Crippen molar-refractivity contribution in [2.75, 3.05) is 32.0 Å². The highest BCUT2D eigenvalue weighted by Crippen LogP contribution is 2.16. The maximum Gasteiger partial charge on any atom is 0.280 e. The Morgan fingerprint density at radius 2 is 2.53 bits per heavy atom. The van der Waals surface area contributed by atoms with Crippen LogP contribution < -0.4 is 5.32 Å². The summed E-state index contributed by atoms with van der Waals surface area (Å²) in [5, 5.41) is 19.7. The van der Waals surface area contributed by atoms with Crippen molar-refractivity contribution in [2.24, 2.45) is 0 Å². The monoisotopic (exact) mass is 237 g/mol. The van der Waals surface area contributed by atoms with E-state index in [0.29, 0.717) is 23.4 Å². The standard InChI is InChI=1S/C11H16N4O2/c1-15(6-4-9(16)7-15)8-11(17)13-10-3-2-5-12-14-10/h2-3,5,9,16H,4,6-8H2,1H3/p+1/t9?,15-/m1/s1. The molecular formula is C11H17N4O2+. The van der Waals surface area contributed by atoms with E-state index in [1.165, 1.54) is 0 Å². The zero-order valence-electron chi connectivity index (χ0n) is 9.83. The molecule has 0 bridgehead atoms. The van der Waals surface area contributed by atoms with Gasteiger partial charge in [0.1, 0.15) is 12.6 Å². The molecule has 2 heterocycles. The number of hydrogen-bond donors (Lipinski definition) is 2. The van der Waals surface area contributed by atoms with E-state index in [1.807, 2.05) is 7.05 Å². The van der Waals surface area contributed by atoms with Gasteiger partial charge in [-0.25, -0.2) is 0 Å². The first-order valence-electron chi connectivity index (χ1n) is 5.67. The lowest BCUT2D eigenvalue weighted by Gasteiger charge is -2.28. The van der Waals surface area contributed by atoms with Crippen LogP contribution in [0.1, 0.15) is 6.42 Å². The minimum Gasteiger partial charge on any atom is -0.387 e. The van der Waals surface area contributed by atoms with E-state index in [4.69, 9.17) is 0 Å². The van der Waals surface area contributed by atoms with Crippen molar-refractivity contribution < 1.29 is 14.4 Å². The van der Waals surface area contributed by atoms with Crippen LogP contribution >= 0.6 is 0 Å². The minimum atomic E-state index is -0.288. The number of anilines is 1. The normalized spacial score (nSPS) is 28.0. The number of likely N-dealkylation sites (N-methyl/N-ethyl adjacent to an activating group) is 1. The minimum absolute atomic E-state index is 0.0953. The van der Waals surface area contributed by atoms with E-state index in [2.05, 4.69) is 15.5 Å². The molecule has 2 rings (SSSR count). The van der Waals surface area contributed by atoms with E-state index in [1.54, 1.807) is 18.3 Å². The van der Waals surface area contributed by atoms with Gasteiger partial charge >= 0.3 is 0 Å². The highest BCUT2D eigenvalue weighted by Gasteiger charge is 2.35. The Hall–Kier alpha value is -1.53. The van der Waals surface area contributed by atoms with Crippen molar-refractivity contribution in [1.82, 2.24) is 10.2 Å². The number of likely N-dealkylation sites (tertiary alicyclic amines) is 1. The highest BCUT2D eigenvalue weighted by atomic mass is 16.3. The van der Waals surface area contributed by atoms with Gasteiger partial charge in [0.25, 0.3) is 5.91 Å². The Bertz CT molecular complexity index is 398. The van der Waals surface area contributed by atoms with Crippen molar-refractivity contribution >= 4 is 11.7 Å². The Morgan fingerprint density at radius 3 is 3.12 bits per heavy atom. The first kappa shape index (κ1) is 11.9. The topological polar surface area (TPSA) is 75.1 Å². The molecule has 1 unspecified atom stereocenters. The molecule has 1 aliphatic heterocycles. The van der Waals surface area contributed by atoms with E-state index in [-0.39, 0.29) is 12.0 Å². The zero-order valence-corrected chi connectivity index (χ0v) is 9.83. The maximum absolute atomic E-state index is 11.8. The Kier molecular flexibility index (Phi) is 3.35. The van der Waals surface area contributed by atoms with E-state index in [0.717, 1.165) is 13.0 Å². The predicted molar refractivity (Wildman–Crippen MR) is 62.1 cm³/mol. The number of aliphatic hydroxyl groups is 1. The summed E-state index contributed by atoms with van der Waals surface area (Å²) in [5.41, 5.74) is 0. The number of hydrogen-bond acceptors (Lipinski definition) is 4.